The lowest BCUT2D eigenvalue weighted by Crippen LogP contribution is -2.29. The molecule has 1 fully saturated rings. The van der Waals surface area contributed by atoms with Crippen molar-refractivity contribution in [3.05, 3.63) is 53.7 Å². The molecule has 0 saturated carbocycles. The van der Waals surface area contributed by atoms with E-state index in [1.165, 1.54) is 0 Å². The van der Waals surface area contributed by atoms with E-state index in [9.17, 15) is 5.11 Å². The Labute approximate surface area is 214 Å². The van der Waals surface area contributed by atoms with Crippen molar-refractivity contribution >= 4 is 22.1 Å². The van der Waals surface area contributed by atoms with Crippen LogP contribution in [0.15, 0.2) is 36.7 Å². The third kappa shape index (κ3) is 3.82. The number of aryl methyl sites for hydroxylation is 3. The number of rotatable bonds is 5. The molecule has 0 amide bonds. The van der Waals surface area contributed by atoms with Crippen molar-refractivity contribution in [1.29, 1.82) is 0 Å². The Balaban J connectivity index is 1.73. The van der Waals surface area contributed by atoms with Crippen LogP contribution in [-0.4, -0.2) is 57.6 Å². The summed E-state index contributed by atoms with van der Waals surface area (Å²) in [5.41, 5.74) is 6.69. The van der Waals surface area contributed by atoms with Crippen LogP contribution >= 0.6 is 0 Å². The molecule has 0 spiro atoms. The summed E-state index contributed by atoms with van der Waals surface area (Å²) in [6.07, 6.45) is 5.54. The minimum atomic E-state index is -1.12. The fourth-order valence-electron chi connectivity index (χ4n) is 5.97. The second kappa shape index (κ2) is 8.74. The Morgan fingerprint density at radius 2 is 1.86 bits per heavy atom. The summed E-state index contributed by atoms with van der Waals surface area (Å²) in [6.45, 7) is 6.99. The Morgan fingerprint density at radius 1 is 1.08 bits per heavy atom. The highest BCUT2D eigenvalue weighted by molar-refractivity contribution is 6.05. The molecule has 1 saturated heterocycles. The number of aromatic nitrogens is 8. The van der Waals surface area contributed by atoms with Crippen LogP contribution in [0.3, 0.4) is 0 Å². The van der Waals surface area contributed by atoms with E-state index in [1.807, 2.05) is 45.5 Å². The summed E-state index contributed by atoms with van der Waals surface area (Å²) in [5.74, 6) is 0.293. The van der Waals surface area contributed by atoms with Gasteiger partial charge in [-0.1, -0.05) is 11.3 Å². The highest BCUT2D eigenvalue weighted by atomic mass is 16.5. The predicted octanol–water partition coefficient (Wildman–Crippen LogP) is 3.67. The number of pyridine rings is 2. The van der Waals surface area contributed by atoms with Gasteiger partial charge >= 0.3 is 0 Å². The van der Waals surface area contributed by atoms with Gasteiger partial charge in [-0.05, 0) is 57.7 Å². The Hall–Kier alpha value is -3.63. The molecule has 1 aliphatic heterocycles. The zero-order chi connectivity index (χ0) is 25.9. The molecular formula is C27H32N8O2. The maximum absolute atomic E-state index is 11.3. The van der Waals surface area contributed by atoms with Gasteiger partial charge in [0, 0.05) is 45.3 Å². The molecule has 0 radical (unpaired) electrons. The smallest absolute Gasteiger partial charge is 0.137 e. The van der Waals surface area contributed by atoms with Crippen LogP contribution in [0.4, 0.5) is 0 Å². The Bertz CT molecular complexity index is 1570. The van der Waals surface area contributed by atoms with E-state index in [-0.39, 0.29) is 6.04 Å². The average Bonchev–Trinajstić information content (AvgIpc) is 3.50. The molecule has 6 heterocycles. The van der Waals surface area contributed by atoms with Crippen LogP contribution in [0.5, 0.6) is 0 Å². The van der Waals surface area contributed by atoms with Gasteiger partial charge in [0.05, 0.1) is 39.9 Å². The highest BCUT2D eigenvalue weighted by Gasteiger charge is 2.36. The van der Waals surface area contributed by atoms with Gasteiger partial charge in [0.1, 0.15) is 16.6 Å². The fraction of sp³-hybridized carbons (Fsp3) is 0.444. The fourth-order valence-corrected chi connectivity index (χ4v) is 5.97. The van der Waals surface area contributed by atoms with Crippen molar-refractivity contribution < 1.29 is 9.84 Å². The van der Waals surface area contributed by atoms with Crippen molar-refractivity contribution in [1.82, 2.24) is 39.3 Å². The van der Waals surface area contributed by atoms with E-state index in [4.69, 9.17) is 19.8 Å². The second-order valence-corrected chi connectivity index (χ2v) is 10.5. The van der Waals surface area contributed by atoms with Gasteiger partial charge in [-0.2, -0.15) is 5.10 Å². The molecule has 10 nitrogen and oxygen atoms in total. The summed E-state index contributed by atoms with van der Waals surface area (Å²) in [6, 6.07) is 8.13. The van der Waals surface area contributed by atoms with Crippen LogP contribution in [0, 0.1) is 12.8 Å². The summed E-state index contributed by atoms with van der Waals surface area (Å²) >= 11 is 0. The number of ether oxygens (including phenoxy) is 1. The first-order valence-electron chi connectivity index (χ1n) is 12.7. The van der Waals surface area contributed by atoms with Gasteiger partial charge in [-0.15, -0.1) is 5.10 Å². The maximum atomic E-state index is 11.3. The van der Waals surface area contributed by atoms with Crippen molar-refractivity contribution in [2.75, 3.05) is 13.2 Å². The quantitative estimate of drug-likeness (QED) is 0.392. The van der Waals surface area contributed by atoms with Gasteiger partial charge in [-0.3, -0.25) is 14.6 Å². The lowest BCUT2D eigenvalue weighted by Gasteiger charge is -2.33. The number of nitrogens with zero attached hydrogens (tertiary/aromatic N) is 8. The minimum absolute atomic E-state index is 0.0850. The molecule has 0 aromatic carbocycles. The van der Waals surface area contributed by atoms with E-state index in [1.54, 1.807) is 23.2 Å². The molecule has 1 atom stereocenters. The molecule has 0 unspecified atom stereocenters. The summed E-state index contributed by atoms with van der Waals surface area (Å²) < 4.78 is 11.6. The molecular weight excluding hydrogens is 468 g/mol. The molecule has 5 aromatic heterocycles. The average molecular weight is 501 g/mol. The minimum Gasteiger partial charge on any atom is -0.384 e. The van der Waals surface area contributed by atoms with Gasteiger partial charge in [0.2, 0.25) is 0 Å². The van der Waals surface area contributed by atoms with Crippen LogP contribution in [0.1, 0.15) is 49.8 Å². The monoisotopic (exact) mass is 500 g/mol. The Kier molecular flexibility index (Phi) is 5.61. The molecule has 10 heteroatoms. The normalized spacial score (nSPS) is 16.2. The first-order chi connectivity index (χ1) is 17.8. The first-order valence-corrected chi connectivity index (χ1v) is 12.7. The first kappa shape index (κ1) is 23.7. The van der Waals surface area contributed by atoms with Gasteiger partial charge in [0.15, 0.2) is 0 Å². The van der Waals surface area contributed by atoms with E-state index < -0.39 is 5.60 Å². The predicted molar refractivity (Wildman–Crippen MR) is 140 cm³/mol. The third-order valence-electron chi connectivity index (χ3n) is 7.44. The molecule has 1 aliphatic rings. The number of fused-ring (bicyclic) bond motifs is 3. The maximum Gasteiger partial charge on any atom is 0.137 e. The van der Waals surface area contributed by atoms with Gasteiger partial charge in [0.25, 0.3) is 0 Å². The van der Waals surface area contributed by atoms with E-state index in [0.717, 1.165) is 63.2 Å². The van der Waals surface area contributed by atoms with Crippen molar-refractivity contribution in [2.24, 2.45) is 20.0 Å². The summed E-state index contributed by atoms with van der Waals surface area (Å²) in [4.78, 5) is 9.76. The molecule has 192 valence electrons. The topological polar surface area (TPSA) is 109 Å². The largest absolute Gasteiger partial charge is 0.384 e. The summed E-state index contributed by atoms with van der Waals surface area (Å²) in [5, 5.41) is 24.6. The standard InChI is InChI=1S/C27H32N8O2/c1-16-23(33(4)32-30-16)18-14-20-21(29-15-18)22-25(26(27(2,3)36)34(5)31-22)35(20)24(17-9-12-37-13-10-17)19-8-6-7-11-28-19/h6-8,11,14-15,17,24,36H,9-10,12-13H2,1-5H3/t24-/m1/s1. The number of aliphatic hydroxyl groups is 1. The SMILES string of the molecule is Cc1nnn(C)c1-c1cnc2c3nn(C)c(C(C)(C)O)c3n([C@@H](c3ccccn3)C3CCOCC3)c2c1. The molecule has 37 heavy (non-hydrogen) atoms. The van der Waals surface area contributed by atoms with Crippen LogP contribution < -0.4 is 0 Å². The van der Waals surface area contributed by atoms with Crippen LogP contribution in [0.2, 0.25) is 0 Å². The van der Waals surface area contributed by atoms with Gasteiger partial charge < -0.3 is 14.4 Å². The zero-order valence-corrected chi connectivity index (χ0v) is 21.9. The van der Waals surface area contributed by atoms with E-state index >= 15 is 0 Å². The third-order valence-corrected chi connectivity index (χ3v) is 7.44. The van der Waals surface area contributed by atoms with Crippen molar-refractivity contribution in [2.45, 2.75) is 45.3 Å². The van der Waals surface area contributed by atoms with Crippen molar-refractivity contribution in [3.8, 4) is 11.3 Å². The highest BCUT2D eigenvalue weighted by Crippen LogP contribution is 2.43. The molecule has 5 aromatic rings. The zero-order valence-electron chi connectivity index (χ0n) is 21.9. The lowest BCUT2D eigenvalue weighted by atomic mass is 9.88. The van der Waals surface area contributed by atoms with Crippen LogP contribution in [0.25, 0.3) is 33.3 Å². The van der Waals surface area contributed by atoms with Gasteiger partial charge in [-0.25, -0.2) is 4.68 Å². The molecule has 1 N–H and O–H groups in total. The second-order valence-electron chi connectivity index (χ2n) is 10.5. The lowest BCUT2D eigenvalue weighted by molar-refractivity contribution is 0.0541. The Morgan fingerprint density at radius 3 is 2.51 bits per heavy atom. The van der Waals surface area contributed by atoms with E-state index in [0.29, 0.717) is 19.1 Å². The summed E-state index contributed by atoms with van der Waals surface area (Å²) in [7, 11) is 3.77. The number of hydrogen-bond acceptors (Lipinski definition) is 7. The van der Waals surface area contributed by atoms with E-state index in [2.05, 4.69) is 27.0 Å². The number of hydrogen-bond donors (Lipinski definition) is 1. The molecule has 0 bridgehead atoms. The van der Waals surface area contributed by atoms with Crippen LogP contribution in [-0.2, 0) is 24.4 Å². The molecule has 6 rings (SSSR count). The van der Waals surface area contributed by atoms with Crippen molar-refractivity contribution in [3.63, 3.8) is 0 Å². The molecule has 0 aliphatic carbocycles.